The van der Waals surface area contributed by atoms with Crippen molar-refractivity contribution in [2.45, 2.75) is 50.2 Å². The van der Waals surface area contributed by atoms with Gasteiger partial charge in [0.05, 0.1) is 18.1 Å². The number of aliphatic hydroxyl groups excluding tert-OH is 1. The zero-order valence-corrected chi connectivity index (χ0v) is 11.7. The van der Waals surface area contributed by atoms with Crippen molar-refractivity contribution in [2.75, 3.05) is 6.54 Å². The standard InChI is InChI=1S/C16H23NO3/c18-14(13-6-2-1-3-7-13)8-11-17-15(19)12-16(20)9-4-5-10-16/h1-3,6-7,14,18,20H,4-5,8-12H2,(H,17,19). The molecule has 0 aliphatic heterocycles. The highest BCUT2D eigenvalue weighted by Gasteiger charge is 2.33. The van der Waals surface area contributed by atoms with Gasteiger partial charge in [0.2, 0.25) is 5.91 Å². The molecule has 1 aromatic carbocycles. The van der Waals surface area contributed by atoms with E-state index in [1.807, 2.05) is 30.3 Å². The van der Waals surface area contributed by atoms with Gasteiger partial charge in [-0.2, -0.15) is 0 Å². The first kappa shape index (κ1) is 15.0. The maximum absolute atomic E-state index is 11.8. The number of hydrogen-bond donors (Lipinski definition) is 3. The SMILES string of the molecule is O=C(CC1(O)CCCC1)NCCC(O)c1ccccc1. The minimum atomic E-state index is -0.803. The molecule has 1 aliphatic carbocycles. The van der Waals surface area contributed by atoms with E-state index < -0.39 is 11.7 Å². The van der Waals surface area contributed by atoms with Gasteiger partial charge in [-0.25, -0.2) is 0 Å². The van der Waals surface area contributed by atoms with Crippen LogP contribution in [0.5, 0.6) is 0 Å². The summed E-state index contributed by atoms with van der Waals surface area (Å²) in [5.41, 5.74) is 0.0541. The molecule has 0 saturated heterocycles. The van der Waals surface area contributed by atoms with Crippen molar-refractivity contribution in [1.29, 1.82) is 0 Å². The van der Waals surface area contributed by atoms with Crippen LogP contribution in [0.2, 0.25) is 0 Å². The quantitative estimate of drug-likeness (QED) is 0.744. The predicted molar refractivity (Wildman–Crippen MR) is 77.1 cm³/mol. The molecule has 4 nitrogen and oxygen atoms in total. The molecule has 20 heavy (non-hydrogen) atoms. The molecule has 0 bridgehead atoms. The van der Waals surface area contributed by atoms with Crippen LogP contribution in [0.15, 0.2) is 30.3 Å². The molecule has 2 rings (SSSR count). The Labute approximate surface area is 119 Å². The van der Waals surface area contributed by atoms with Gasteiger partial charge >= 0.3 is 0 Å². The summed E-state index contributed by atoms with van der Waals surface area (Å²) in [7, 11) is 0. The Morgan fingerprint density at radius 3 is 2.55 bits per heavy atom. The Balaban J connectivity index is 1.69. The zero-order valence-electron chi connectivity index (χ0n) is 11.7. The fourth-order valence-corrected chi connectivity index (χ4v) is 2.76. The molecule has 1 unspecified atom stereocenters. The van der Waals surface area contributed by atoms with Gasteiger partial charge in [-0.15, -0.1) is 0 Å². The lowest BCUT2D eigenvalue weighted by Crippen LogP contribution is -2.35. The number of amides is 1. The number of aliphatic hydroxyl groups is 2. The van der Waals surface area contributed by atoms with E-state index in [1.54, 1.807) is 0 Å². The first-order valence-corrected chi connectivity index (χ1v) is 7.31. The summed E-state index contributed by atoms with van der Waals surface area (Å²) in [6.45, 7) is 0.422. The molecule has 4 heteroatoms. The molecular formula is C16H23NO3. The number of nitrogens with one attached hydrogen (secondary N) is 1. The lowest BCUT2D eigenvalue weighted by molar-refractivity contribution is -0.125. The van der Waals surface area contributed by atoms with Crippen molar-refractivity contribution in [3.05, 3.63) is 35.9 Å². The fraction of sp³-hybridized carbons (Fsp3) is 0.562. The molecule has 0 spiro atoms. The van der Waals surface area contributed by atoms with Gasteiger partial charge in [-0.1, -0.05) is 43.2 Å². The Bertz CT molecular complexity index is 427. The second-order valence-corrected chi connectivity index (χ2v) is 5.67. The molecule has 1 aliphatic rings. The van der Waals surface area contributed by atoms with Gasteiger partial charge in [0, 0.05) is 6.54 Å². The first-order valence-electron chi connectivity index (χ1n) is 7.31. The van der Waals surface area contributed by atoms with Gasteiger partial charge in [0.25, 0.3) is 0 Å². The van der Waals surface area contributed by atoms with E-state index in [4.69, 9.17) is 0 Å². The summed E-state index contributed by atoms with van der Waals surface area (Å²) < 4.78 is 0. The van der Waals surface area contributed by atoms with Crippen molar-refractivity contribution in [1.82, 2.24) is 5.32 Å². The second kappa shape index (κ2) is 6.86. The van der Waals surface area contributed by atoms with Crippen LogP contribution in [0.3, 0.4) is 0 Å². The highest BCUT2D eigenvalue weighted by molar-refractivity contribution is 5.77. The third kappa shape index (κ3) is 4.32. The molecule has 1 fully saturated rings. The van der Waals surface area contributed by atoms with Crippen LogP contribution in [0, 0.1) is 0 Å². The molecular weight excluding hydrogens is 254 g/mol. The summed E-state index contributed by atoms with van der Waals surface area (Å²) >= 11 is 0. The van der Waals surface area contributed by atoms with E-state index in [1.165, 1.54) is 0 Å². The van der Waals surface area contributed by atoms with E-state index in [2.05, 4.69) is 5.32 Å². The van der Waals surface area contributed by atoms with E-state index in [-0.39, 0.29) is 12.3 Å². The van der Waals surface area contributed by atoms with Gasteiger partial charge < -0.3 is 15.5 Å². The van der Waals surface area contributed by atoms with Crippen molar-refractivity contribution in [3.63, 3.8) is 0 Å². The third-order valence-corrected chi connectivity index (χ3v) is 3.95. The molecule has 1 aromatic rings. The van der Waals surface area contributed by atoms with Crippen molar-refractivity contribution in [3.8, 4) is 0 Å². The van der Waals surface area contributed by atoms with Crippen LogP contribution in [-0.2, 0) is 4.79 Å². The van der Waals surface area contributed by atoms with Crippen LogP contribution >= 0.6 is 0 Å². The lowest BCUT2D eigenvalue weighted by atomic mass is 9.97. The summed E-state index contributed by atoms with van der Waals surface area (Å²) in [6, 6.07) is 9.40. The van der Waals surface area contributed by atoms with E-state index >= 15 is 0 Å². The molecule has 0 aromatic heterocycles. The number of rotatable bonds is 6. The van der Waals surface area contributed by atoms with Crippen LogP contribution in [0.4, 0.5) is 0 Å². The van der Waals surface area contributed by atoms with Gasteiger partial charge in [-0.05, 0) is 24.8 Å². The van der Waals surface area contributed by atoms with Crippen LogP contribution < -0.4 is 5.32 Å². The summed E-state index contributed by atoms with van der Waals surface area (Å²) in [4.78, 5) is 11.8. The van der Waals surface area contributed by atoms with Crippen LogP contribution in [0.1, 0.15) is 50.2 Å². The minimum Gasteiger partial charge on any atom is -0.389 e. The minimum absolute atomic E-state index is 0.130. The Morgan fingerprint density at radius 1 is 1.25 bits per heavy atom. The van der Waals surface area contributed by atoms with Crippen molar-refractivity contribution >= 4 is 5.91 Å². The summed E-state index contributed by atoms with van der Waals surface area (Å²) in [5.74, 6) is -0.130. The smallest absolute Gasteiger partial charge is 0.222 e. The average molecular weight is 277 g/mol. The Morgan fingerprint density at radius 2 is 1.90 bits per heavy atom. The summed E-state index contributed by atoms with van der Waals surface area (Å²) in [6.07, 6.45) is 3.52. The van der Waals surface area contributed by atoms with Gasteiger partial charge in [-0.3, -0.25) is 4.79 Å². The van der Waals surface area contributed by atoms with Crippen LogP contribution in [0.25, 0.3) is 0 Å². The number of carbonyl (C=O) groups excluding carboxylic acids is 1. The largest absolute Gasteiger partial charge is 0.389 e. The molecule has 3 N–H and O–H groups in total. The Hall–Kier alpha value is -1.39. The van der Waals surface area contributed by atoms with Gasteiger partial charge in [0.1, 0.15) is 0 Å². The first-order chi connectivity index (χ1) is 9.59. The lowest BCUT2D eigenvalue weighted by Gasteiger charge is -2.21. The maximum atomic E-state index is 11.8. The van der Waals surface area contributed by atoms with E-state index in [9.17, 15) is 15.0 Å². The molecule has 0 radical (unpaired) electrons. The van der Waals surface area contributed by atoms with Crippen molar-refractivity contribution < 1.29 is 15.0 Å². The average Bonchev–Trinajstić information content (AvgIpc) is 2.86. The van der Waals surface area contributed by atoms with Crippen molar-refractivity contribution in [2.24, 2.45) is 0 Å². The summed E-state index contributed by atoms with van der Waals surface area (Å²) in [5, 5.41) is 22.9. The zero-order chi connectivity index (χ0) is 14.4. The predicted octanol–water partition coefficient (Wildman–Crippen LogP) is 1.92. The molecule has 0 heterocycles. The fourth-order valence-electron chi connectivity index (χ4n) is 2.76. The highest BCUT2D eigenvalue weighted by atomic mass is 16.3. The Kier molecular flexibility index (Phi) is 5.15. The molecule has 1 amide bonds. The normalized spacial score (nSPS) is 18.7. The van der Waals surface area contributed by atoms with Gasteiger partial charge in [0.15, 0.2) is 0 Å². The second-order valence-electron chi connectivity index (χ2n) is 5.67. The molecule has 1 atom stereocenters. The topological polar surface area (TPSA) is 69.6 Å². The van der Waals surface area contributed by atoms with E-state index in [0.717, 1.165) is 18.4 Å². The third-order valence-electron chi connectivity index (χ3n) is 3.95. The monoisotopic (exact) mass is 277 g/mol. The molecule has 110 valence electrons. The number of carbonyl (C=O) groups is 1. The molecule has 1 saturated carbocycles. The number of hydrogen-bond acceptors (Lipinski definition) is 3. The number of benzene rings is 1. The highest BCUT2D eigenvalue weighted by Crippen LogP contribution is 2.32. The maximum Gasteiger partial charge on any atom is 0.222 e. The van der Waals surface area contributed by atoms with Crippen LogP contribution in [-0.4, -0.2) is 28.3 Å². The van der Waals surface area contributed by atoms with E-state index in [0.29, 0.717) is 25.8 Å².